The molecule has 0 radical (unpaired) electrons. The molecule has 0 aromatic rings. The van der Waals surface area contributed by atoms with Crippen LogP contribution < -0.4 is 0 Å². The van der Waals surface area contributed by atoms with Crippen molar-refractivity contribution in [3.8, 4) is 0 Å². The zero-order valence-corrected chi connectivity index (χ0v) is 15.3. The molecule has 4 aliphatic rings. The van der Waals surface area contributed by atoms with Crippen LogP contribution in [0.15, 0.2) is 11.6 Å². The van der Waals surface area contributed by atoms with E-state index >= 15 is 0 Å². The summed E-state index contributed by atoms with van der Waals surface area (Å²) >= 11 is 0. The van der Waals surface area contributed by atoms with Crippen LogP contribution >= 0.6 is 0 Å². The van der Waals surface area contributed by atoms with Gasteiger partial charge in [-0.05, 0) is 93.3 Å². The smallest absolute Gasteiger partial charge is 0.133 e. The highest BCUT2D eigenvalue weighted by Crippen LogP contribution is 2.63. The monoisotopic (exact) mass is 314 g/mol. The van der Waals surface area contributed by atoms with Gasteiger partial charge in [0.2, 0.25) is 0 Å². The minimum atomic E-state index is 0.318. The number of hydrogen-bond acceptors (Lipinski definition) is 1. The van der Waals surface area contributed by atoms with Crippen molar-refractivity contribution >= 4 is 5.78 Å². The number of hydrogen-bond donors (Lipinski definition) is 0. The molecule has 0 amide bonds. The van der Waals surface area contributed by atoms with Crippen LogP contribution in [-0.4, -0.2) is 5.78 Å². The van der Waals surface area contributed by atoms with Gasteiger partial charge in [-0.15, -0.1) is 0 Å². The molecular formula is C22H34O. The summed E-state index contributed by atoms with van der Waals surface area (Å²) in [5.74, 6) is 5.31. The van der Waals surface area contributed by atoms with Gasteiger partial charge in [0, 0.05) is 5.92 Å². The number of carbonyl (C=O) groups is 1. The summed E-state index contributed by atoms with van der Waals surface area (Å²) in [5.41, 5.74) is 2.15. The molecule has 0 aliphatic heterocycles. The van der Waals surface area contributed by atoms with E-state index in [-0.39, 0.29) is 0 Å². The van der Waals surface area contributed by atoms with Crippen molar-refractivity contribution in [1.29, 1.82) is 0 Å². The quantitative estimate of drug-likeness (QED) is 0.589. The van der Waals surface area contributed by atoms with E-state index in [1.807, 2.05) is 12.5 Å². The molecule has 6 unspecified atom stereocenters. The van der Waals surface area contributed by atoms with Gasteiger partial charge in [-0.2, -0.15) is 0 Å². The Bertz CT molecular complexity index is 518. The lowest BCUT2D eigenvalue weighted by atomic mass is 9.51. The minimum Gasteiger partial charge on any atom is -0.300 e. The standard InChI is InChI=1S/C22H34O/c1-4-15-5-7-17-16(13-15)6-8-19-18(17)11-12-22(3)20(14(2)23)9-10-21(19)22/h6,15,17-21H,4-5,7-13H2,1-3H3/t15?,17?,18-,19?,20?,21?,22?/m1/s1. The number of allylic oxidation sites excluding steroid dienone is 2. The molecule has 0 spiro atoms. The highest BCUT2D eigenvalue weighted by molar-refractivity contribution is 5.79. The van der Waals surface area contributed by atoms with Crippen molar-refractivity contribution in [3.63, 3.8) is 0 Å². The van der Waals surface area contributed by atoms with Crippen LogP contribution in [0, 0.1) is 40.9 Å². The number of rotatable bonds is 2. The Hall–Kier alpha value is -0.590. The Kier molecular flexibility index (Phi) is 3.97. The fraction of sp³-hybridized carbons (Fsp3) is 0.864. The zero-order valence-electron chi connectivity index (χ0n) is 15.3. The Labute approximate surface area is 142 Å². The van der Waals surface area contributed by atoms with E-state index in [2.05, 4.69) is 19.9 Å². The fourth-order valence-electron chi connectivity index (χ4n) is 7.37. The van der Waals surface area contributed by atoms with Gasteiger partial charge in [0.25, 0.3) is 0 Å². The van der Waals surface area contributed by atoms with Crippen molar-refractivity contribution in [3.05, 3.63) is 11.6 Å². The van der Waals surface area contributed by atoms with Gasteiger partial charge < -0.3 is 0 Å². The van der Waals surface area contributed by atoms with Gasteiger partial charge in [0.1, 0.15) is 5.78 Å². The van der Waals surface area contributed by atoms with E-state index in [0.29, 0.717) is 17.1 Å². The average molecular weight is 315 g/mol. The second-order valence-corrected chi connectivity index (χ2v) is 9.40. The summed E-state index contributed by atoms with van der Waals surface area (Å²) in [6.07, 6.45) is 14.8. The van der Waals surface area contributed by atoms with Gasteiger partial charge in [-0.3, -0.25) is 4.79 Å². The van der Waals surface area contributed by atoms with Gasteiger partial charge in [0.15, 0.2) is 0 Å². The molecule has 0 aromatic heterocycles. The molecule has 0 N–H and O–H groups in total. The van der Waals surface area contributed by atoms with Gasteiger partial charge >= 0.3 is 0 Å². The van der Waals surface area contributed by atoms with Crippen LogP contribution in [0.4, 0.5) is 0 Å². The van der Waals surface area contributed by atoms with E-state index < -0.39 is 0 Å². The maximum atomic E-state index is 12.2. The lowest BCUT2D eigenvalue weighted by Crippen LogP contribution is -2.46. The Balaban J connectivity index is 1.58. The first-order valence-electron chi connectivity index (χ1n) is 10.2. The summed E-state index contributed by atoms with van der Waals surface area (Å²) in [5, 5.41) is 0. The van der Waals surface area contributed by atoms with E-state index in [0.717, 1.165) is 29.6 Å². The lowest BCUT2D eigenvalue weighted by Gasteiger charge is -2.53. The summed E-state index contributed by atoms with van der Waals surface area (Å²) in [6, 6.07) is 0. The molecule has 0 heterocycles. The third kappa shape index (κ3) is 2.36. The van der Waals surface area contributed by atoms with Gasteiger partial charge in [0.05, 0.1) is 0 Å². The molecule has 4 rings (SSSR count). The second kappa shape index (κ2) is 5.74. The minimum absolute atomic E-state index is 0.318. The normalized spacial score (nSPS) is 48.9. The molecule has 0 saturated heterocycles. The molecule has 7 atom stereocenters. The third-order valence-electron chi connectivity index (χ3n) is 8.62. The Morgan fingerprint density at radius 3 is 2.74 bits per heavy atom. The number of Topliss-reactive ketones (excluding diaryl/α,β-unsaturated/α-hetero) is 1. The molecule has 1 heteroatoms. The maximum absolute atomic E-state index is 12.2. The first-order chi connectivity index (χ1) is 11.0. The molecule has 0 aromatic carbocycles. The van der Waals surface area contributed by atoms with Crippen LogP contribution in [0.2, 0.25) is 0 Å². The van der Waals surface area contributed by atoms with E-state index in [1.165, 1.54) is 57.8 Å². The molecule has 4 aliphatic carbocycles. The predicted octanol–water partition coefficient (Wildman–Crippen LogP) is 5.79. The highest BCUT2D eigenvalue weighted by Gasteiger charge is 2.56. The SMILES string of the molecule is CCC1CCC2C(=CCC3C4CCC(C(C)=O)C4(C)CC[C@H]23)C1. The highest BCUT2D eigenvalue weighted by atomic mass is 16.1. The third-order valence-corrected chi connectivity index (χ3v) is 8.62. The molecular weight excluding hydrogens is 280 g/mol. The van der Waals surface area contributed by atoms with Crippen LogP contribution in [0.3, 0.4) is 0 Å². The van der Waals surface area contributed by atoms with Crippen molar-refractivity contribution in [2.24, 2.45) is 40.9 Å². The summed E-state index contributed by atoms with van der Waals surface area (Å²) in [4.78, 5) is 12.2. The summed E-state index contributed by atoms with van der Waals surface area (Å²) < 4.78 is 0. The molecule has 3 saturated carbocycles. The number of fused-ring (bicyclic) bond motifs is 5. The van der Waals surface area contributed by atoms with Crippen molar-refractivity contribution in [2.75, 3.05) is 0 Å². The van der Waals surface area contributed by atoms with Crippen LogP contribution in [0.1, 0.15) is 78.6 Å². The van der Waals surface area contributed by atoms with Crippen LogP contribution in [0.5, 0.6) is 0 Å². The molecule has 0 bridgehead atoms. The van der Waals surface area contributed by atoms with Gasteiger partial charge in [-0.25, -0.2) is 0 Å². The summed E-state index contributed by atoms with van der Waals surface area (Å²) in [7, 11) is 0. The molecule has 1 nitrogen and oxygen atoms in total. The average Bonchev–Trinajstić information content (AvgIpc) is 2.91. The largest absolute Gasteiger partial charge is 0.300 e. The maximum Gasteiger partial charge on any atom is 0.133 e. The second-order valence-electron chi connectivity index (χ2n) is 9.40. The molecule has 23 heavy (non-hydrogen) atoms. The Morgan fingerprint density at radius 1 is 1.17 bits per heavy atom. The van der Waals surface area contributed by atoms with Crippen LogP contribution in [-0.2, 0) is 4.79 Å². The predicted molar refractivity (Wildman–Crippen MR) is 95.0 cm³/mol. The van der Waals surface area contributed by atoms with Crippen molar-refractivity contribution in [1.82, 2.24) is 0 Å². The lowest BCUT2D eigenvalue weighted by molar-refractivity contribution is -0.126. The molecule has 3 fully saturated rings. The van der Waals surface area contributed by atoms with Crippen LogP contribution in [0.25, 0.3) is 0 Å². The van der Waals surface area contributed by atoms with Crippen molar-refractivity contribution < 1.29 is 4.79 Å². The summed E-state index contributed by atoms with van der Waals surface area (Å²) in [6.45, 7) is 6.67. The topological polar surface area (TPSA) is 17.1 Å². The fourth-order valence-corrected chi connectivity index (χ4v) is 7.37. The number of ketones is 1. The zero-order chi connectivity index (χ0) is 16.2. The molecule has 128 valence electrons. The Morgan fingerprint density at radius 2 is 2.00 bits per heavy atom. The first-order valence-corrected chi connectivity index (χ1v) is 10.2. The van der Waals surface area contributed by atoms with E-state index in [1.54, 1.807) is 0 Å². The number of carbonyl (C=O) groups excluding carboxylic acids is 1. The van der Waals surface area contributed by atoms with Crippen molar-refractivity contribution in [2.45, 2.75) is 78.6 Å². The first kappa shape index (κ1) is 15.9. The van der Waals surface area contributed by atoms with E-state index in [9.17, 15) is 4.79 Å². The van der Waals surface area contributed by atoms with Gasteiger partial charge in [-0.1, -0.05) is 31.9 Å². The van der Waals surface area contributed by atoms with E-state index in [4.69, 9.17) is 0 Å².